The minimum Gasteiger partial charge on any atom is -0.351 e. The maximum atomic E-state index is 11.8. The highest BCUT2D eigenvalue weighted by Crippen LogP contribution is 1.99. The van der Waals surface area contributed by atoms with Crippen molar-refractivity contribution < 1.29 is 13.2 Å². The summed E-state index contributed by atoms with van der Waals surface area (Å²) in [5, 5.41) is 2.71. The van der Waals surface area contributed by atoms with Gasteiger partial charge in [0.1, 0.15) is 6.04 Å². The normalized spacial score (nSPS) is 13.0. The first-order chi connectivity index (χ1) is 8.42. The third-order valence-electron chi connectivity index (χ3n) is 2.39. The second-order valence-corrected chi connectivity index (χ2v) is 5.83. The van der Waals surface area contributed by atoms with Crippen LogP contribution in [0.4, 0.5) is 0 Å². The topological polar surface area (TPSA) is 75.3 Å². The molecule has 100 valence electrons. The van der Waals surface area contributed by atoms with Crippen molar-refractivity contribution in [3.8, 4) is 0 Å². The molecule has 1 aromatic rings. The molecule has 1 atom stereocenters. The molecular weight excluding hydrogens is 252 g/mol. The highest BCUT2D eigenvalue weighted by molar-refractivity contribution is 7.88. The summed E-state index contributed by atoms with van der Waals surface area (Å²) in [6, 6.07) is 8.73. The Morgan fingerprint density at radius 3 is 2.39 bits per heavy atom. The zero-order valence-corrected chi connectivity index (χ0v) is 11.3. The molecule has 0 spiro atoms. The molecule has 0 saturated carbocycles. The van der Waals surface area contributed by atoms with Gasteiger partial charge in [0.15, 0.2) is 0 Å². The molecule has 0 aliphatic rings. The van der Waals surface area contributed by atoms with Gasteiger partial charge in [-0.15, -0.1) is 0 Å². The molecule has 2 N–H and O–H groups in total. The minimum atomic E-state index is -3.37. The van der Waals surface area contributed by atoms with E-state index in [2.05, 4.69) is 10.0 Å². The number of hydrogen-bond donors (Lipinski definition) is 2. The van der Waals surface area contributed by atoms with E-state index in [9.17, 15) is 13.2 Å². The fourth-order valence-corrected chi connectivity index (χ4v) is 2.28. The van der Waals surface area contributed by atoms with Crippen LogP contribution in [0.2, 0.25) is 0 Å². The van der Waals surface area contributed by atoms with Gasteiger partial charge in [-0.3, -0.25) is 4.79 Å². The fourth-order valence-electron chi connectivity index (χ4n) is 1.49. The van der Waals surface area contributed by atoms with E-state index in [0.717, 1.165) is 11.8 Å². The quantitative estimate of drug-likeness (QED) is 0.796. The zero-order valence-electron chi connectivity index (χ0n) is 10.5. The number of amides is 1. The Morgan fingerprint density at radius 1 is 1.28 bits per heavy atom. The van der Waals surface area contributed by atoms with E-state index >= 15 is 0 Å². The monoisotopic (exact) mass is 270 g/mol. The summed E-state index contributed by atoms with van der Waals surface area (Å²) < 4.78 is 24.5. The van der Waals surface area contributed by atoms with Gasteiger partial charge in [0.05, 0.1) is 6.26 Å². The van der Waals surface area contributed by atoms with Crippen LogP contribution in [-0.4, -0.2) is 26.6 Å². The van der Waals surface area contributed by atoms with Crippen molar-refractivity contribution in [2.24, 2.45) is 0 Å². The molecule has 5 nitrogen and oxygen atoms in total. The number of hydrogen-bond acceptors (Lipinski definition) is 3. The van der Waals surface area contributed by atoms with Crippen LogP contribution < -0.4 is 10.0 Å². The Bertz CT molecular complexity index is 485. The van der Waals surface area contributed by atoms with Crippen LogP contribution in [0.15, 0.2) is 30.3 Å². The largest absolute Gasteiger partial charge is 0.351 e. The van der Waals surface area contributed by atoms with Crippen molar-refractivity contribution in [1.82, 2.24) is 10.0 Å². The van der Waals surface area contributed by atoms with Gasteiger partial charge in [0.2, 0.25) is 15.9 Å². The Hall–Kier alpha value is -1.40. The van der Waals surface area contributed by atoms with E-state index in [1.807, 2.05) is 30.3 Å². The second-order valence-electron chi connectivity index (χ2n) is 4.05. The third kappa shape index (κ3) is 5.29. The zero-order chi connectivity index (χ0) is 13.6. The molecule has 0 heterocycles. The van der Waals surface area contributed by atoms with Crippen molar-refractivity contribution in [3.63, 3.8) is 0 Å². The molecule has 1 amide bonds. The molecule has 6 heteroatoms. The molecule has 1 rings (SSSR count). The van der Waals surface area contributed by atoms with E-state index < -0.39 is 16.1 Å². The van der Waals surface area contributed by atoms with Crippen LogP contribution in [0, 0.1) is 0 Å². The van der Waals surface area contributed by atoms with Gasteiger partial charge in [-0.25, -0.2) is 13.1 Å². The van der Waals surface area contributed by atoms with E-state index in [4.69, 9.17) is 0 Å². The van der Waals surface area contributed by atoms with Crippen molar-refractivity contribution in [2.45, 2.75) is 25.9 Å². The fraction of sp³-hybridized carbons (Fsp3) is 0.417. The Balaban J connectivity index is 2.53. The SMILES string of the molecule is CC[C@H](NS(C)(=O)=O)C(=O)NCc1ccccc1. The molecular formula is C12H18N2O3S. The standard InChI is InChI=1S/C12H18N2O3S/c1-3-11(14-18(2,16)17)12(15)13-9-10-7-5-4-6-8-10/h4-8,11,14H,3,9H2,1-2H3,(H,13,15)/t11-/m0/s1. The van der Waals surface area contributed by atoms with Gasteiger partial charge in [-0.05, 0) is 12.0 Å². The number of sulfonamides is 1. The maximum Gasteiger partial charge on any atom is 0.238 e. The molecule has 0 bridgehead atoms. The highest BCUT2D eigenvalue weighted by atomic mass is 32.2. The molecule has 0 radical (unpaired) electrons. The van der Waals surface area contributed by atoms with E-state index in [0.29, 0.717) is 13.0 Å². The molecule has 0 fully saturated rings. The van der Waals surface area contributed by atoms with E-state index in [-0.39, 0.29) is 5.91 Å². The van der Waals surface area contributed by atoms with E-state index in [1.54, 1.807) is 6.92 Å². The molecule has 18 heavy (non-hydrogen) atoms. The number of carbonyl (C=O) groups is 1. The predicted octanol–water partition coefficient (Wildman–Crippen LogP) is 0.631. The van der Waals surface area contributed by atoms with Crippen LogP contribution >= 0.6 is 0 Å². The number of benzene rings is 1. The van der Waals surface area contributed by atoms with Crippen LogP contribution in [0.1, 0.15) is 18.9 Å². The average molecular weight is 270 g/mol. The summed E-state index contributed by atoms with van der Waals surface area (Å²) in [7, 11) is -3.37. The summed E-state index contributed by atoms with van der Waals surface area (Å²) in [5.74, 6) is -0.313. The lowest BCUT2D eigenvalue weighted by atomic mass is 10.2. The first kappa shape index (κ1) is 14.7. The average Bonchev–Trinajstić information content (AvgIpc) is 2.33. The molecule has 0 aliphatic heterocycles. The first-order valence-electron chi connectivity index (χ1n) is 5.71. The van der Waals surface area contributed by atoms with Crippen molar-refractivity contribution in [2.75, 3.05) is 6.26 Å². The highest BCUT2D eigenvalue weighted by Gasteiger charge is 2.19. The smallest absolute Gasteiger partial charge is 0.238 e. The minimum absolute atomic E-state index is 0.313. The van der Waals surface area contributed by atoms with Crippen molar-refractivity contribution in [3.05, 3.63) is 35.9 Å². The molecule has 0 unspecified atom stereocenters. The number of carbonyl (C=O) groups excluding carboxylic acids is 1. The number of nitrogens with one attached hydrogen (secondary N) is 2. The third-order valence-corrected chi connectivity index (χ3v) is 3.10. The van der Waals surface area contributed by atoms with Crippen LogP contribution in [0.25, 0.3) is 0 Å². The molecule has 0 aliphatic carbocycles. The van der Waals surface area contributed by atoms with Gasteiger partial charge in [-0.1, -0.05) is 37.3 Å². The van der Waals surface area contributed by atoms with E-state index in [1.165, 1.54) is 0 Å². The van der Waals surface area contributed by atoms with Gasteiger partial charge in [-0.2, -0.15) is 0 Å². The van der Waals surface area contributed by atoms with Gasteiger partial charge in [0.25, 0.3) is 0 Å². The van der Waals surface area contributed by atoms with Gasteiger partial charge < -0.3 is 5.32 Å². The summed E-state index contributed by atoms with van der Waals surface area (Å²) in [6.07, 6.45) is 1.45. The van der Waals surface area contributed by atoms with Crippen LogP contribution in [-0.2, 0) is 21.4 Å². The lowest BCUT2D eigenvalue weighted by Crippen LogP contribution is -2.45. The van der Waals surface area contributed by atoms with Crippen molar-refractivity contribution >= 4 is 15.9 Å². The Kier molecular flexibility index (Phi) is 5.30. The summed E-state index contributed by atoms with van der Waals surface area (Å²) in [5.41, 5.74) is 0.972. The Morgan fingerprint density at radius 2 is 1.89 bits per heavy atom. The molecule has 0 saturated heterocycles. The molecule has 0 aromatic heterocycles. The van der Waals surface area contributed by atoms with Crippen LogP contribution in [0.5, 0.6) is 0 Å². The second kappa shape index (κ2) is 6.51. The first-order valence-corrected chi connectivity index (χ1v) is 7.60. The lowest BCUT2D eigenvalue weighted by molar-refractivity contribution is -0.122. The van der Waals surface area contributed by atoms with Crippen LogP contribution in [0.3, 0.4) is 0 Å². The van der Waals surface area contributed by atoms with Gasteiger partial charge >= 0.3 is 0 Å². The van der Waals surface area contributed by atoms with Gasteiger partial charge in [0, 0.05) is 6.54 Å². The maximum absolute atomic E-state index is 11.8. The lowest BCUT2D eigenvalue weighted by Gasteiger charge is -2.15. The number of rotatable bonds is 6. The Labute approximate surface area is 108 Å². The van der Waals surface area contributed by atoms with Crippen molar-refractivity contribution in [1.29, 1.82) is 0 Å². The molecule has 1 aromatic carbocycles. The predicted molar refractivity (Wildman–Crippen MR) is 70.3 cm³/mol. The summed E-state index contributed by atoms with van der Waals surface area (Å²) in [6.45, 7) is 2.15. The summed E-state index contributed by atoms with van der Waals surface area (Å²) in [4.78, 5) is 11.8. The summed E-state index contributed by atoms with van der Waals surface area (Å²) >= 11 is 0.